The molecule has 0 bridgehead atoms. The summed E-state index contributed by atoms with van der Waals surface area (Å²) in [6.45, 7) is 10.4. The highest BCUT2D eigenvalue weighted by molar-refractivity contribution is 5.92. The molecular formula is C24H20O4. The Bertz CT molecular complexity index is 1110. The van der Waals surface area contributed by atoms with Crippen LogP contribution in [0.25, 0.3) is 21.9 Å². The molecule has 0 aromatic heterocycles. The number of benzene rings is 3. The molecule has 0 heterocycles. The highest BCUT2D eigenvalue weighted by atomic mass is 16.5. The van der Waals surface area contributed by atoms with Crippen LogP contribution in [-0.2, 0) is 9.59 Å². The molecule has 0 N–H and O–H groups in total. The fraction of sp³-hybridized carbons (Fsp3) is 0.0833. The SMILES string of the molecule is C=C(C)C(=O)Oc1cccc(-c2ccc3cc(OC(=O)C(=C)C)ccc3c2)c1. The van der Waals surface area contributed by atoms with Crippen molar-refractivity contribution in [1.82, 2.24) is 0 Å². The van der Waals surface area contributed by atoms with Gasteiger partial charge in [0.1, 0.15) is 11.5 Å². The van der Waals surface area contributed by atoms with Gasteiger partial charge in [0, 0.05) is 11.1 Å². The molecule has 0 aliphatic heterocycles. The van der Waals surface area contributed by atoms with Crippen LogP contribution in [0.5, 0.6) is 11.5 Å². The summed E-state index contributed by atoms with van der Waals surface area (Å²) in [7, 11) is 0. The van der Waals surface area contributed by atoms with Gasteiger partial charge < -0.3 is 9.47 Å². The predicted octanol–water partition coefficient (Wildman–Crippen LogP) is 5.47. The molecule has 0 amide bonds. The topological polar surface area (TPSA) is 52.6 Å². The zero-order valence-electron chi connectivity index (χ0n) is 15.8. The van der Waals surface area contributed by atoms with E-state index in [1.807, 2.05) is 48.5 Å². The first kappa shape index (κ1) is 19.1. The van der Waals surface area contributed by atoms with E-state index in [0.29, 0.717) is 22.6 Å². The molecule has 0 saturated heterocycles. The number of carbonyl (C=O) groups excluding carboxylic acids is 2. The Balaban J connectivity index is 1.88. The van der Waals surface area contributed by atoms with E-state index in [4.69, 9.17) is 9.47 Å². The van der Waals surface area contributed by atoms with Crippen LogP contribution in [0.3, 0.4) is 0 Å². The molecule has 28 heavy (non-hydrogen) atoms. The van der Waals surface area contributed by atoms with E-state index >= 15 is 0 Å². The lowest BCUT2D eigenvalue weighted by Crippen LogP contribution is -2.08. The lowest BCUT2D eigenvalue weighted by atomic mass is 10.0. The van der Waals surface area contributed by atoms with Crippen LogP contribution in [0.15, 0.2) is 85.0 Å². The zero-order valence-corrected chi connectivity index (χ0v) is 15.8. The van der Waals surface area contributed by atoms with Gasteiger partial charge in [0.2, 0.25) is 0 Å². The molecule has 4 heteroatoms. The summed E-state index contributed by atoms with van der Waals surface area (Å²) < 4.78 is 10.6. The maximum Gasteiger partial charge on any atom is 0.338 e. The van der Waals surface area contributed by atoms with E-state index < -0.39 is 11.9 Å². The van der Waals surface area contributed by atoms with Gasteiger partial charge in [-0.3, -0.25) is 0 Å². The van der Waals surface area contributed by atoms with Crippen LogP contribution in [0.1, 0.15) is 13.8 Å². The monoisotopic (exact) mass is 372 g/mol. The second-order valence-electron chi connectivity index (χ2n) is 6.59. The average Bonchev–Trinajstić information content (AvgIpc) is 2.67. The van der Waals surface area contributed by atoms with Crippen LogP contribution in [0.4, 0.5) is 0 Å². The smallest absolute Gasteiger partial charge is 0.338 e. The summed E-state index contributed by atoms with van der Waals surface area (Å²) in [5.74, 6) is 0.0409. The van der Waals surface area contributed by atoms with Crippen molar-refractivity contribution >= 4 is 22.7 Å². The normalized spacial score (nSPS) is 10.4. The Hall–Kier alpha value is -3.66. The van der Waals surface area contributed by atoms with E-state index in [1.54, 1.807) is 26.0 Å². The van der Waals surface area contributed by atoms with Crippen molar-refractivity contribution in [2.24, 2.45) is 0 Å². The lowest BCUT2D eigenvalue weighted by Gasteiger charge is -2.09. The number of hydrogen-bond donors (Lipinski definition) is 0. The van der Waals surface area contributed by atoms with E-state index in [0.717, 1.165) is 21.9 Å². The van der Waals surface area contributed by atoms with E-state index in [9.17, 15) is 9.59 Å². The van der Waals surface area contributed by atoms with Gasteiger partial charge in [-0.2, -0.15) is 0 Å². The molecule has 0 unspecified atom stereocenters. The number of ether oxygens (including phenoxy) is 2. The summed E-state index contributed by atoms with van der Waals surface area (Å²) in [5, 5.41) is 1.94. The van der Waals surface area contributed by atoms with Gasteiger partial charge in [-0.05, 0) is 66.1 Å². The van der Waals surface area contributed by atoms with E-state index in [2.05, 4.69) is 13.2 Å². The van der Waals surface area contributed by atoms with Gasteiger partial charge >= 0.3 is 11.9 Å². The second-order valence-corrected chi connectivity index (χ2v) is 6.59. The summed E-state index contributed by atoms with van der Waals surface area (Å²) in [6, 6.07) is 18.7. The molecule has 0 spiro atoms. The summed E-state index contributed by atoms with van der Waals surface area (Å²) >= 11 is 0. The van der Waals surface area contributed by atoms with Gasteiger partial charge in [-0.15, -0.1) is 0 Å². The fourth-order valence-electron chi connectivity index (χ4n) is 2.59. The third kappa shape index (κ3) is 4.35. The van der Waals surface area contributed by atoms with Gasteiger partial charge in [0.25, 0.3) is 0 Å². The van der Waals surface area contributed by atoms with E-state index in [-0.39, 0.29) is 0 Å². The molecule has 0 atom stereocenters. The highest BCUT2D eigenvalue weighted by Gasteiger charge is 2.09. The number of esters is 2. The van der Waals surface area contributed by atoms with Crippen LogP contribution < -0.4 is 9.47 Å². The molecule has 3 aromatic carbocycles. The molecule has 0 saturated carbocycles. The van der Waals surface area contributed by atoms with Crippen LogP contribution >= 0.6 is 0 Å². The van der Waals surface area contributed by atoms with Gasteiger partial charge in [0.05, 0.1) is 0 Å². The Kier molecular flexibility index (Phi) is 5.41. The standard InChI is InChI=1S/C24H20O4/c1-15(2)23(25)27-21-7-5-6-17(13-21)18-8-9-20-14-22(11-10-19(20)12-18)28-24(26)16(3)4/h5-14H,1,3H2,2,4H3. The van der Waals surface area contributed by atoms with Crippen molar-refractivity contribution < 1.29 is 19.1 Å². The molecule has 4 nitrogen and oxygen atoms in total. The Morgan fingerprint density at radius 1 is 0.679 bits per heavy atom. The Morgan fingerprint density at radius 3 is 1.86 bits per heavy atom. The number of hydrogen-bond acceptors (Lipinski definition) is 4. The first-order chi connectivity index (χ1) is 13.3. The molecule has 0 aliphatic carbocycles. The van der Waals surface area contributed by atoms with Crippen LogP contribution in [0, 0.1) is 0 Å². The Labute approximate surface area is 163 Å². The second kappa shape index (κ2) is 7.92. The summed E-state index contributed by atoms with van der Waals surface area (Å²) in [6.07, 6.45) is 0. The predicted molar refractivity (Wildman–Crippen MR) is 110 cm³/mol. The first-order valence-electron chi connectivity index (χ1n) is 8.73. The third-order valence-corrected chi connectivity index (χ3v) is 4.10. The highest BCUT2D eigenvalue weighted by Crippen LogP contribution is 2.29. The molecule has 0 fully saturated rings. The van der Waals surface area contributed by atoms with Gasteiger partial charge in [-0.1, -0.05) is 43.5 Å². The molecule has 0 aliphatic rings. The summed E-state index contributed by atoms with van der Waals surface area (Å²) in [5.41, 5.74) is 2.60. The largest absolute Gasteiger partial charge is 0.423 e. The molecule has 3 rings (SSSR count). The van der Waals surface area contributed by atoms with Gasteiger partial charge in [-0.25, -0.2) is 9.59 Å². The van der Waals surface area contributed by atoms with Crippen molar-refractivity contribution in [2.75, 3.05) is 0 Å². The maximum atomic E-state index is 11.7. The van der Waals surface area contributed by atoms with Crippen LogP contribution in [0.2, 0.25) is 0 Å². The zero-order chi connectivity index (χ0) is 20.3. The molecular weight excluding hydrogens is 352 g/mol. The lowest BCUT2D eigenvalue weighted by molar-refractivity contribution is -0.130. The van der Waals surface area contributed by atoms with Gasteiger partial charge in [0.15, 0.2) is 0 Å². The number of rotatable bonds is 5. The minimum absolute atomic E-state index is 0.347. The third-order valence-electron chi connectivity index (χ3n) is 4.10. The van der Waals surface area contributed by atoms with Crippen molar-refractivity contribution in [1.29, 1.82) is 0 Å². The minimum atomic E-state index is -0.451. The van der Waals surface area contributed by atoms with E-state index in [1.165, 1.54) is 0 Å². The van der Waals surface area contributed by atoms with Crippen molar-refractivity contribution in [3.8, 4) is 22.6 Å². The molecule has 0 radical (unpaired) electrons. The minimum Gasteiger partial charge on any atom is -0.423 e. The Morgan fingerprint density at radius 2 is 1.21 bits per heavy atom. The van der Waals surface area contributed by atoms with Crippen molar-refractivity contribution in [2.45, 2.75) is 13.8 Å². The molecule has 140 valence electrons. The maximum absolute atomic E-state index is 11.7. The number of carbonyl (C=O) groups is 2. The first-order valence-corrected chi connectivity index (χ1v) is 8.73. The quantitative estimate of drug-likeness (QED) is 0.338. The number of fused-ring (bicyclic) bond motifs is 1. The average molecular weight is 372 g/mol. The summed E-state index contributed by atoms with van der Waals surface area (Å²) in [4.78, 5) is 23.4. The van der Waals surface area contributed by atoms with Crippen molar-refractivity contribution in [3.05, 3.63) is 85.0 Å². The molecule has 3 aromatic rings. The fourth-order valence-corrected chi connectivity index (χ4v) is 2.59. The van der Waals surface area contributed by atoms with Crippen LogP contribution in [-0.4, -0.2) is 11.9 Å². The van der Waals surface area contributed by atoms with Crippen molar-refractivity contribution in [3.63, 3.8) is 0 Å².